The van der Waals surface area contributed by atoms with Gasteiger partial charge in [-0.15, -0.1) is 0 Å². The predicted molar refractivity (Wildman–Crippen MR) is 111 cm³/mol. The number of thiazole rings is 1. The first-order chi connectivity index (χ1) is 13.2. The molecule has 2 heterocycles. The molecule has 0 saturated carbocycles. The monoisotopic (exact) mass is 380 g/mol. The van der Waals surface area contributed by atoms with E-state index in [1.165, 1.54) is 5.56 Å². The minimum Gasteiger partial charge on any atom is -0.342 e. The smallest absolute Gasteiger partial charge is 0.242 e. The van der Waals surface area contributed by atoms with Gasteiger partial charge in [0.15, 0.2) is 5.13 Å². The van der Waals surface area contributed by atoms with Crippen LogP contribution in [-0.4, -0.2) is 60.5 Å². The molecule has 1 aliphatic rings. The summed E-state index contributed by atoms with van der Waals surface area (Å²) in [5, 5.41) is 0.896. The lowest BCUT2D eigenvalue weighted by Gasteiger charge is -2.35. The number of hydrogen-bond donors (Lipinski definition) is 0. The van der Waals surface area contributed by atoms with Crippen LogP contribution in [0.1, 0.15) is 5.56 Å². The lowest BCUT2D eigenvalue weighted by atomic mass is 10.2. The highest BCUT2D eigenvalue weighted by Crippen LogP contribution is 2.27. The molecule has 0 unspecified atom stereocenters. The van der Waals surface area contributed by atoms with Gasteiger partial charge in [0.2, 0.25) is 5.91 Å². The molecule has 5 nitrogen and oxygen atoms in total. The molecule has 0 bridgehead atoms. The zero-order chi connectivity index (χ0) is 18.6. The van der Waals surface area contributed by atoms with E-state index in [1.807, 2.05) is 41.1 Å². The number of anilines is 1. The topological polar surface area (TPSA) is 39.7 Å². The molecular formula is C21H24N4OS. The second kappa shape index (κ2) is 8.06. The molecule has 27 heavy (non-hydrogen) atoms. The van der Waals surface area contributed by atoms with Crippen LogP contribution in [0.15, 0.2) is 54.6 Å². The first kappa shape index (κ1) is 17.9. The Labute approximate surface area is 163 Å². The second-order valence-electron chi connectivity index (χ2n) is 6.96. The summed E-state index contributed by atoms with van der Waals surface area (Å²) < 4.78 is 1.15. The van der Waals surface area contributed by atoms with E-state index in [9.17, 15) is 4.79 Å². The highest BCUT2D eigenvalue weighted by Gasteiger charge is 2.22. The van der Waals surface area contributed by atoms with Gasteiger partial charge in [-0.25, -0.2) is 4.98 Å². The minimum atomic E-state index is 0.177. The Balaban J connectivity index is 1.30. The van der Waals surface area contributed by atoms with Crippen molar-refractivity contribution >= 4 is 32.6 Å². The molecule has 0 radical (unpaired) electrons. The Kier molecular flexibility index (Phi) is 5.36. The van der Waals surface area contributed by atoms with Crippen molar-refractivity contribution in [3.8, 4) is 0 Å². The van der Waals surface area contributed by atoms with E-state index in [1.54, 1.807) is 11.3 Å². The number of nitrogens with zero attached hydrogens (tertiary/aromatic N) is 4. The lowest BCUT2D eigenvalue weighted by molar-refractivity contribution is -0.131. The number of carbonyl (C=O) groups is 1. The average molecular weight is 381 g/mol. The lowest BCUT2D eigenvalue weighted by Crippen LogP contribution is -2.50. The number of aromatic nitrogens is 1. The third-order valence-electron chi connectivity index (χ3n) is 4.96. The average Bonchev–Trinajstić information content (AvgIpc) is 3.14. The molecule has 4 rings (SSSR count). The molecule has 140 valence electrons. The fraction of sp³-hybridized carbons (Fsp3) is 0.333. The van der Waals surface area contributed by atoms with Gasteiger partial charge in [-0.2, -0.15) is 0 Å². The number of likely N-dealkylation sites (N-methyl/N-ethyl adjacent to an activating group) is 1. The number of rotatable bonds is 5. The summed E-state index contributed by atoms with van der Waals surface area (Å²) in [6.07, 6.45) is 0. The molecule has 3 aromatic rings. The zero-order valence-electron chi connectivity index (χ0n) is 15.5. The first-order valence-corrected chi connectivity index (χ1v) is 10.1. The van der Waals surface area contributed by atoms with Crippen molar-refractivity contribution < 1.29 is 4.79 Å². The van der Waals surface area contributed by atoms with Crippen LogP contribution in [0.25, 0.3) is 10.2 Å². The molecule has 1 aromatic heterocycles. The van der Waals surface area contributed by atoms with E-state index in [0.717, 1.165) is 48.1 Å². The van der Waals surface area contributed by atoms with E-state index in [0.29, 0.717) is 6.54 Å². The fourth-order valence-corrected chi connectivity index (χ4v) is 4.32. The summed E-state index contributed by atoms with van der Waals surface area (Å²) in [5.74, 6) is 0.177. The molecule has 1 amide bonds. The third-order valence-corrected chi connectivity index (χ3v) is 6.11. The van der Waals surface area contributed by atoms with Gasteiger partial charge in [0.05, 0.1) is 16.8 Å². The highest BCUT2D eigenvalue weighted by atomic mass is 32.1. The Morgan fingerprint density at radius 1 is 1.04 bits per heavy atom. The Bertz CT molecular complexity index is 870. The number of para-hydroxylation sites is 1. The Morgan fingerprint density at radius 2 is 1.74 bits per heavy atom. The Hall–Kier alpha value is -2.44. The predicted octanol–water partition coefficient (Wildman–Crippen LogP) is 3.08. The van der Waals surface area contributed by atoms with Gasteiger partial charge in [-0.05, 0) is 17.7 Å². The number of fused-ring (bicyclic) bond motifs is 1. The SMILES string of the molecule is CN(CC(=O)N1CCN(Cc2ccccc2)CC1)c1nc2ccccc2s1. The van der Waals surface area contributed by atoms with Gasteiger partial charge < -0.3 is 9.80 Å². The maximum Gasteiger partial charge on any atom is 0.242 e. The van der Waals surface area contributed by atoms with Crippen LogP contribution in [0.5, 0.6) is 0 Å². The summed E-state index contributed by atoms with van der Waals surface area (Å²) in [6, 6.07) is 18.6. The van der Waals surface area contributed by atoms with Crippen molar-refractivity contribution in [1.29, 1.82) is 0 Å². The van der Waals surface area contributed by atoms with Crippen LogP contribution in [-0.2, 0) is 11.3 Å². The van der Waals surface area contributed by atoms with Crippen LogP contribution in [0.4, 0.5) is 5.13 Å². The fourth-order valence-electron chi connectivity index (χ4n) is 3.39. The molecule has 0 spiro atoms. The van der Waals surface area contributed by atoms with E-state index < -0.39 is 0 Å². The normalized spacial score (nSPS) is 15.2. The van der Waals surface area contributed by atoms with E-state index in [4.69, 9.17) is 0 Å². The van der Waals surface area contributed by atoms with Crippen molar-refractivity contribution in [2.24, 2.45) is 0 Å². The number of amides is 1. The standard InChI is InChI=1S/C21H24N4OS/c1-23(21-22-18-9-5-6-10-19(18)27-21)16-20(26)25-13-11-24(12-14-25)15-17-7-3-2-4-8-17/h2-10H,11-16H2,1H3. The molecule has 0 aliphatic carbocycles. The van der Waals surface area contributed by atoms with Gasteiger partial charge in [-0.1, -0.05) is 53.8 Å². The summed E-state index contributed by atoms with van der Waals surface area (Å²) in [6.45, 7) is 4.75. The Morgan fingerprint density at radius 3 is 2.48 bits per heavy atom. The summed E-state index contributed by atoms with van der Waals surface area (Å²) >= 11 is 1.63. The van der Waals surface area contributed by atoms with Crippen molar-refractivity contribution in [3.63, 3.8) is 0 Å². The highest BCUT2D eigenvalue weighted by molar-refractivity contribution is 7.22. The van der Waals surface area contributed by atoms with Crippen LogP contribution in [0.3, 0.4) is 0 Å². The van der Waals surface area contributed by atoms with E-state index in [-0.39, 0.29) is 5.91 Å². The van der Waals surface area contributed by atoms with Crippen molar-refractivity contribution in [3.05, 3.63) is 60.2 Å². The molecular weight excluding hydrogens is 356 g/mol. The molecule has 0 atom stereocenters. The second-order valence-corrected chi connectivity index (χ2v) is 7.97. The minimum absolute atomic E-state index is 0.177. The molecule has 6 heteroatoms. The number of benzene rings is 2. The zero-order valence-corrected chi connectivity index (χ0v) is 16.4. The molecule has 0 N–H and O–H groups in total. The van der Waals surface area contributed by atoms with Gasteiger partial charge in [0.25, 0.3) is 0 Å². The summed E-state index contributed by atoms with van der Waals surface area (Å²) in [7, 11) is 1.95. The van der Waals surface area contributed by atoms with Crippen LogP contribution in [0.2, 0.25) is 0 Å². The number of carbonyl (C=O) groups excluding carboxylic acids is 1. The summed E-state index contributed by atoms with van der Waals surface area (Å²) in [5.41, 5.74) is 2.32. The van der Waals surface area contributed by atoms with Crippen LogP contribution < -0.4 is 4.90 Å². The van der Waals surface area contributed by atoms with Crippen molar-refractivity contribution in [2.75, 3.05) is 44.7 Å². The first-order valence-electron chi connectivity index (χ1n) is 9.30. The van der Waals surface area contributed by atoms with Gasteiger partial charge in [0.1, 0.15) is 0 Å². The van der Waals surface area contributed by atoms with E-state index in [2.05, 4.69) is 40.2 Å². The quantitative estimate of drug-likeness (QED) is 0.682. The largest absolute Gasteiger partial charge is 0.342 e. The van der Waals surface area contributed by atoms with Crippen LogP contribution >= 0.6 is 11.3 Å². The van der Waals surface area contributed by atoms with E-state index >= 15 is 0 Å². The molecule has 1 aliphatic heterocycles. The van der Waals surface area contributed by atoms with Crippen molar-refractivity contribution in [1.82, 2.24) is 14.8 Å². The molecule has 1 saturated heterocycles. The van der Waals surface area contributed by atoms with Crippen molar-refractivity contribution in [2.45, 2.75) is 6.54 Å². The van der Waals surface area contributed by atoms with Crippen LogP contribution in [0, 0.1) is 0 Å². The van der Waals surface area contributed by atoms with Gasteiger partial charge >= 0.3 is 0 Å². The van der Waals surface area contributed by atoms with Gasteiger partial charge in [-0.3, -0.25) is 9.69 Å². The summed E-state index contributed by atoms with van der Waals surface area (Å²) in [4.78, 5) is 23.7. The molecule has 2 aromatic carbocycles. The number of piperazine rings is 1. The van der Waals surface area contributed by atoms with Gasteiger partial charge in [0, 0.05) is 39.8 Å². The maximum atomic E-state index is 12.7. The third kappa shape index (κ3) is 4.28. The molecule has 1 fully saturated rings. The number of hydrogen-bond acceptors (Lipinski definition) is 5. The maximum absolute atomic E-state index is 12.7.